The lowest BCUT2D eigenvalue weighted by Gasteiger charge is -2.05. The third-order valence-electron chi connectivity index (χ3n) is 3.99. The number of azo groups is 1. The molecule has 10 heteroatoms. The Balaban J connectivity index is 1.49. The fourth-order valence-corrected chi connectivity index (χ4v) is 4.66. The first-order valence-corrected chi connectivity index (χ1v) is 10.3. The van der Waals surface area contributed by atoms with Crippen molar-refractivity contribution in [3.8, 4) is 10.6 Å². The highest BCUT2D eigenvalue weighted by atomic mass is 32.1. The minimum atomic E-state index is -4.37. The summed E-state index contributed by atoms with van der Waals surface area (Å²) in [5.74, 6) is -0.129. The molecule has 0 radical (unpaired) electrons. The summed E-state index contributed by atoms with van der Waals surface area (Å²) in [6.45, 7) is 1.45. The number of hydrogen-bond donors (Lipinski definition) is 1. The molecular formula is C20H13F3N4OS2. The van der Waals surface area contributed by atoms with E-state index in [-0.39, 0.29) is 5.91 Å². The second-order valence-corrected chi connectivity index (χ2v) is 8.32. The number of nitrogens with one attached hydrogen (secondary N) is 1. The van der Waals surface area contributed by atoms with E-state index in [4.69, 9.17) is 0 Å². The van der Waals surface area contributed by atoms with Gasteiger partial charge in [0.15, 0.2) is 0 Å². The molecule has 5 nitrogen and oxygen atoms in total. The second-order valence-electron chi connectivity index (χ2n) is 6.28. The maximum absolute atomic E-state index is 12.6. The topological polar surface area (TPSA) is 66.7 Å². The maximum atomic E-state index is 12.6. The van der Waals surface area contributed by atoms with Crippen molar-refractivity contribution in [1.29, 1.82) is 0 Å². The number of hydrogen-bond acceptors (Lipinski definition) is 6. The van der Waals surface area contributed by atoms with Crippen molar-refractivity contribution < 1.29 is 18.0 Å². The zero-order valence-corrected chi connectivity index (χ0v) is 17.0. The third-order valence-corrected chi connectivity index (χ3v) is 6.08. The Labute approximate surface area is 176 Å². The van der Waals surface area contributed by atoms with Crippen LogP contribution in [0.25, 0.3) is 20.1 Å². The number of halogens is 3. The number of anilines is 1. The average molecular weight is 446 g/mol. The Morgan fingerprint density at radius 2 is 1.70 bits per heavy atom. The van der Waals surface area contributed by atoms with E-state index >= 15 is 0 Å². The molecule has 2 heterocycles. The van der Waals surface area contributed by atoms with Gasteiger partial charge in [0.2, 0.25) is 5.91 Å². The highest BCUT2D eigenvalue weighted by molar-refractivity contribution is 7.30. The highest BCUT2D eigenvalue weighted by Crippen LogP contribution is 2.39. The summed E-state index contributed by atoms with van der Waals surface area (Å²) in [4.78, 5) is 16.5. The predicted octanol–water partition coefficient (Wildman–Crippen LogP) is 7.42. The first-order chi connectivity index (χ1) is 14.3. The molecule has 0 saturated carbocycles. The number of thiophene rings is 1. The number of nitrogens with zero attached hydrogens (tertiary/aromatic N) is 3. The molecular weight excluding hydrogens is 433 g/mol. The standard InChI is InChI=1S/C20H13F3N4OS2/c1-11(28)24-14-6-2-12(3-7-14)18-25-19-16(29-18)10-17(30-19)27-26-15-8-4-13(5-9-15)20(21,22)23/h2-10H,1H3,(H,24,28). The molecule has 4 rings (SSSR count). The lowest BCUT2D eigenvalue weighted by molar-refractivity contribution is -0.137. The van der Waals surface area contributed by atoms with Crippen molar-refractivity contribution in [3.63, 3.8) is 0 Å². The van der Waals surface area contributed by atoms with Crippen LogP contribution in [0.3, 0.4) is 0 Å². The van der Waals surface area contributed by atoms with Gasteiger partial charge in [-0.2, -0.15) is 13.2 Å². The summed E-state index contributed by atoms with van der Waals surface area (Å²) >= 11 is 2.86. The predicted molar refractivity (Wildman–Crippen MR) is 113 cm³/mol. The monoisotopic (exact) mass is 446 g/mol. The molecule has 0 saturated heterocycles. The average Bonchev–Trinajstić information content (AvgIpc) is 3.25. The number of carbonyl (C=O) groups excluding carboxylic acids is 1. The van der Waals surface area contributed by atoms with Crippen molar-refractivity contribution in [2.45, 2.75) is 13.1 Å². The first kappa shape index (κ1) is 20.2. The van der Waals surface area contributed by atoms with Crippen LogP contribution in [0.1, 0.15) is 12.5 Å². The van der Waals surface area contributed by atoms with Gasteiger partial charge in [0, 0.05) is 18.2 Å². The fraction of sp³-hybridized carbons (Fsp3) is 0.100. The van der Waals surface area contributed by atoms with Crippen LogP contribution in [-0.2, 0) is 11.0 Å². The molecule has 4 aromatic rings. The van der Waals surface area contributed by atoms with Crippen LogP contribution < -0.4 is 5.32 Å². The quantitative estimate of drug-likeness (QED) is 0.332. The molecule has 0 unspecified atom stereocenters. The van der Waals surface area contributed by atoms with Crippen LogP contribution in [0.2, 0.25) is 0 Å². The molecule has 0 spiro atoms. The van der Waals surface area contributed by atoms with E-state index in [1.807, 2.05) is 30.3 Å². The van der Waals surface area contributed by atoms with Gasteiger partial charge in [-0.1, -0.05) is 11.3 Å². The van der Waals surface area contributed by atoms with E-state index in [2.05, 4.69) is 20.5 Å². The number of aromatic nitrogens is 1. The van der Waals surface area contributed by atoms with Crippen molar-refractivity contribution in [2.75, 3.05) is 5.32 Å². The van der Waals surface area contributed by atoms with Crippen LogP contribution in [0, 0.1) is 0 Å². The molecule has 0 aliphatic heterocycles. The Morgan fingerprint density at radius 1 is 1.00 bits per heavy atom. The number of benzene rings is 2. The number of fused-ring (bicyclic) bond motifs is 1. The minimum Gasteiger partial charge on any atom is -0.326 e. The fourth-order valence-electron chi connectivity index (χ4n) is 2.62. The van der Waals surface area contributed by atoms with E-state index < -0.39 is 11.7 Å². The number of alkyl halides is 3. The normalized spacial score (nSPS) is 12.0. The number of amides is 1. The van der Waals surface area contributed by atoms with Gasteiger partial charge >= 0.3 is 6.18 Å². The lowest BCUT2D eigenvalue weighted by Crippen LogP contribution is -2.05. The molecule has 1 amide bonds. The lowest BCUT2D eigenvalue weighted by atomic mass is 10.2. The molecule has 0 aliphatic rings. The van der Waals surface area contributed by atoms with E-state index in [0.717, 1.165) is 37.9 Å². The zero-order chi connectivity index (χ0) is 21.3. The molecule has 152 valence electrons. The number of rotatable bonds is 4. The molecule has 0 bridgehead atoms. The summed E-state index contributed by atoms with van der Waals surface area (Å²) < 4.78 is 38.8. The summed E-state index contributed by atoms with van der Waals surface area (Å²) in [6, 6.07) is 13.8. The Bertz CT molecular complexity index is 1190. The molecule has 0 atom stereocenters. The van der Waals surface area contributed by atoms with Crippen LogP contribution in [0.15, 0.2) is 64.8 Å². The van der Waals surface area contributed by atoms with Crippen LogP contribution in [0.4, 0.5) is 29.5 Å². The Kier molecular flexibility index (Phi) is 5.35. The van der Waals surface area contributed by atoms with Crippen LogP contribution >= 0.6 is 22.7 Å². The summed E-state index contributed by atoms with van der Waals surface area (Å²) in [5.41, 5.74) is 1.27. The van der Waals surface area contributed by atoms with E-state index in [0.29, 0.717) is 10.7 Å². The van der Waals surface area contributed by atoms with Crippen LogP contribution in [0.5, 0.6) is 0 Å². The first-order valence-electron chi connectivity index (χ1n) is 8.65. The van der Waals surface area contributed by atoms with Crippen molar-refractivity contribution in [2.24, 2.45) is 10.2 Å². The number of thiazole rings is 1. The van der Waals surface area contributed by atoms with Gasteiger partial charge in [-0.05, 0) is 54.6 Å². The van der Waals surface area contributed by atoms with Crippen LogP contribution in [-0.4, -0.2) is 10.9 Å². The summed E-state index contributed by atoms with van der Waals surface area (Å²) in [7, 11) is 0. The SMILES string of the molecule is CC(=O)Nc1ccc(-c2nc3sc(N=Nc4ccc(C(F)(F)F)cc4)cc3s2)cc1. The Hall–Kier alpha value is -3.11. The summed E-state index contributed by atoms with van der Waals surface area (Å²) in [6.07, 6.45) is -4.37. The van der Waals surface area contributed by atoms with Crippen molar-refractivity contribution in [3.05, 3.63) is 60.2 Å². The molecule has 2 aromatic carbocycles. The Morgan fingerprint density at radius 3 is 2.30 bits per heavy atom. The minimum absolute atomic E-state index is 0.129. The molecule has 1 N–H and O–H groups in total. The zero-order valence-electron chi connectivity index (χ0n) is 15.4. The van der Waals surface area contributed by atoms with Gasteiger partial charge in [0.05, 0.1) is 16.0 Å². The maximum Gasteiger partial charge on any atom is 0.416 e. The molecule has 2 aromatic heterocycles. The van der Waals surface area contributed by atoms with Gasteiger partial charge in [0.25, 0.3) is 0 Å². The molecule has 0 fully saturated rings. The van der Waals surface area contributed by atoms with Gasteiger partial charge in [-0.25, -0.2) is 4.98 Å². The van der Waals surface area contributed by atoms with Gasteiger partial charge in [-0.15, -0.1) is 21.6 Å². The number of carbonyl (C=O) groups is 1. The van der Waals surface area contributed by atoms with Crippen molar-refractivity contribution >= 4 is 54.5 Å². The second kappa shape index (κ2) is 7.96. The van der Waals surface area contributed by atoms with Gasteiger partial charge in [-0.3, -0.25) is 4.79 Å². The summed E-state index contributed by atoms with van der Waals surface area (Å²) in [5, 5.41) is 12.3. The molecule has 0 aliphatic carbocycles. The highest BCUT2D eigenvalue weighted by Gasteiger charge is 2.29. The third kappa shape index (κ3) is 4.55. The van der Waals surface area contributed by atoms with E-state index in [9.17, 15) is 18.0 Å². The van der Waals surface area contributed by atoms with E-state index in [1.54, 1.807) is 0 Å². The largest absolute Gasteiger partial charge is 0.416 e. The van der Waals surface area contributed by atoms with E-state index in [1.165, 1.54) is 41.7 Å². The van der Waals surface area contributed by atoms with Crippen molar-refractivity contribution in [1.82, 2.24) is 4.98 Å². The van der Waals surface area contributed by atoms with Gasteiger partial charge < -0.3 is 5.32 Å². The van der Waals surface area contributed by atoms with Gasteiger partial charge in [0.1, 0.15) is 14.8 Å². The smallest absolute Gasteiger partial charge is 0.326 e. The molecule has 30 heavy (non-hydrogen) atoms.